The van der Waals surface area contributed by atoms with Crippen molar-refractivity contribution in [1.82, 2.24) is 10.2 Å². The number of methoxy groups -OCH3 is 1. The van der Waals surface area contributed by atoms with Gasteiger partial charge < -0.3 is 15.8 Å². The number of benzene rings is 1. The van der Waals surface area contributed by atoms with Crippen molar-refractivity contribution in [2.45, 2.75) is 31.5 Å². The van der Waals surface area contributed by atoms with Gasteiger partial charge in [0.05, 0.1) is 13.2 Å². The summed E-state index contributed by atoms with van der Waals surface area (Å²) in [5, 5.41) is 2.86. The summed E-state index contributed by atoms with van der Waals surface area (Å²) >= 11 is 3.61. The Morgan fingerprint density at radius 2 is 2.24 bits per heavy atom. The number of ether oxygens (including phenoxy) is 1. The summed E-state index contributed by atoms with van der Waals surface area (Å²) in [5.74, 6) is 0. The summed E-state index contributed by atoms with van der Waals surface area (Å²) in [7, 11) is 1.38. The van der Waals surface area contributed by atoms with Crippen LogP contribution in [0.2, 0.25) is 0 Å². The van der Waals surface area contributed by atoms with Crippen LogP contribution in [0.5, 0.6) is 0 Å². The smallest absolute Gasteiger partial charge is 0.407 e. The maximum Gasteiger partial charge on any atom is 0.407 e. The van der Waals surface area contributed by atoms with E-state index < -0.39 is 0 Å². The molecule has 2 rings (SSSR count). The standard InChI is InChI=1S/C15H22BrN3O2/c1-10(17)14(12-5-3-4-6-13(12)16)19-8-7-11(9-19)18-15(20)21-2/h3-6,10-11,14H,7-9,17H2,1-2H3,(H,18,20). The number of carbonyl (C=O) groups is 1. The van der Waals surface area contributed by atoms with E-state index in [1.165, 1.54) is 12.7 Å². The average molecular weight is 356 g/mol. The van der Waals surface area contributed by atoms with Gasteiger partial charge in [-0.2, -0.15) is 0 Å². The van der Waals surface area contributed by atoms with Crippen LogP contribution in [0.1, 0.15) is 24.9 Å². The molecule has 1 aliphatic rings. The molecule has 0 bridgehead atoms. The zero-order valence-electron chi connectivity index (χ0n) is 12.4. The lowest BCUT2D eigenvalue weighted by Crippen LogP contribution is -2.41. The number of halogens is 1. The van der Waals surface area contributed by atoms with Crippen LogP contribution in [0.15, 0.2) is 28.7 Å². The monoisotopic (exact) mass is 355 g/mol. The molecule has 0 saturated carbocycles. The number of rotatable bonds is 4. The van der Waals surface area contributed by atoms with Gasteiger partial charge in [-0.15, -0.1) is 0 Å². The molecule has 1 aromatic carbocycles. The van der Waals surface area contributed by atoms with Crippen LogP contribution in [0.3, 0.4) is 0 Å². The highest BCUT2D eigenvalue weighted by Crippen LogP contribution is 2.32. The zero-order valence-corrected chi connectivity index (χ0v) is 14.0. The Morgan fingerprint density at radius 3 is 2.86 bits per heavy atom. The fourth-order valence-corrected chi connectivity index (χ4v) is 3.43. The van der Waals surface area contributed by atoms with Gasteiger partial charge >= 0.3 is 6.09 Å². The zero-order chi connectivity index (χ0) is 15.4. The van der Waals surface area contributed by atoms with E-state index in [2.05, 4.69) is 36.9 Å². The second-order valence-electron chi connectivity index (χ2n) is 5.44. The lowest BCUT2D eigenvalue weighted by atomic mass is 9.99. The summed E-state index contributed by atoms with van der Waals surface area (Å²) in [6.45, 7) is 3.70. The topological polar surface area (TPSA) is 67.6 Å². The van der Waals surface area contributed by atoms with Gasteiger partial charge in [-0.3, -0.25) is 4.90 Å². The first-order chi connectivity index (χ1) is 10.0. The predicted octanol–water partition coefficient (Wildman–Crippen LogP) is 2.27. The van der Waals surface area contributed by atoms with Gasteiger partial charge in [-0.25, -0.2) is 4.79 Å². The minimum absolute atomic E-state index is 0.000534. The third-order valence-corrected chi connectivity index (χ3v) is 4.56. The summed E-state index contributed by atoms with van der Waals surface area (Å²) in [5.41, 5.74) is 7.40. The highest BCUT2D eigenvalue weighted by atomic mass is 79.9. The molecule has 0 aromatic heterocycles. The normalized spacial score (nSPS) is 21.8. The fourth-order valence-electron chi connectivity index (χ4n) is 2.91. The van der Waals surface area contributed by atoms with Gasteiger partial charge in [-0.05, 0) is 25.0 Å². The molecule has 1 fully saturated rings. The highest BCUT2D eigenvalue weighted by molar-refractivity contribution is 9.10. The average Bonchev–Trinajstić information content (AvgIpc) is 2.89. The Morgan fingerprint density at radius 1 is 1.52 bits per heavy atom. The molecule has 3 atom stereocenters. The predicted molar refractivity (Wildman–Crippen MR) is 86.1 cm³/mol. The number of hydrogen-bond donors (Lipinski definition) is 2. The molecule has 1 saturated heterocycles. The van der Waals surface area contributed by atoms with Crippen molar-refractivity contribution in [2.75, 3.05) is 20.2 Å². The molecule has 6 heteroatoms. The van der Waals surface area contributed by atoms with E-state index in [9.17, 15) is 4.79 Å². The molecule has 0 aliphatic carbocycles. The minimum atomic E-state index is -0.375. The summed E-state index contributed by atoms with van der Waals surface area (Å²) in [6.07, 6.45) is 0.531. The number of amides is 1. The van der Waals surface area contributed by atoms with Crippen molar-refractivity contribution in [3.05, 3.63) is 34.3 Å². The largest absolute Gasteiger partial charge is 0.453 e. The van der Waals surface area contributed by atoms with Crippen molar-refractivity contribution in [3.63, 3.8) is 0 Å². The molecule has 3 N–H and O–H groups in total. The second-order valence-corrected chi connectivity index (χ2v) is 6.30. The third kappa shape index (κ3) is 3.96. The molecule has 116 valence electrons. The first kappa shape index (κ1) is 16.3. The van der Waals surface area contributed by atoms with E-state index in [0.29, 0.717) is 0 Å². The number of hydrogen-bond acceptors (Lipinski definition) is 4. The number of nitrogens with two attached hydrogens (primary N) is 1. The maximum atomic E-state index is 11.3. The van der Waals surface area contributed by atoms with Crippen LogP contribution in [-0.2, 0) is 4.74 Å². The van der Waals surface area contributed by atoms with Crippen molar-refractivity contribution in [2.24, 2.45) is 5.73 Å². The number of carbonyl (C=O) groups excluding carboxylic acids is 1. The van der Waals surface area contributed by atoms with Crippen LogP contribution in [-0.4, -0.2) is 43.3 Å². The summed E-state index contributed by atoms with van der Waals surface area (Å²) in [4.78, 5) is 13.6. The van der Waals surface area contributed by atoms with Crippen molar-refractivity contribution < 1.29 is 9.53 Å². The number of alkyl carbamates (subject to hydrolysis) is 1. The minimum Gasteiger partial charge on any atom is -0.453 e. The molecule has 0 spiro atoms. The molecule has 1 amide bonds. The molecular formula is C15H22BrN3O2. The Kier molecular flexibility index (Phi) is 5.61. The Hall–Kier alpha value is -1.11. The number of nitrogens with zero attached hydrogens (tertiary/aromatic N) is 1. The van der Waals surface area contributed by atoms with Crippen molar-refractivity contribution >= 4 is 22.0 Å². The van der Waals surface area contributed by atoms with E-state index >= 15 is 0 Å². The maximum absolute atomic E-state index is 11.3. The molecule has 1 aliphatic heterocycles. The molecule has 0 radical (unpaired) electrons. The number of nitrogens with one attached hydrogen (secondary N) is 1. The van der Waals surface area contributed by atoms with Crippen molar-refractivity contribution in [1.29, 1.82) is 0 Å². The second kappa shape index (κ2) is 7.24. The van der Waals surface area contributed by atoms with Crippen LogP contribution in [0.4, 0.5) is 4.79 Å². The third-order valence-electron chi connectivity index (χ3n) is 3.84. The van der Waals surface area contributed by atoms with Gasteiger partial charge in [0.1, 0.15) is 0 Å². The SMILES string of the molecule is COC(=O)NC1CCN(C(c2ccccc2Br)C(C)N)C1. The van der Waals surface area contributed by atoms with E-state index in [1.807, 2.05) is 25.1 Å². The van der Waals surface area contributed by atoms with Crippen LogP contribution < -0.4 is 11.1 Å². The van der Waals surface area contributed by atoms with Crippen LogP contribution in [0.25, 0.3) is 0 Å². The summed E-state index contributed by atoms with van der Waals surface area (Å²) in [6, 6.07) is 8.39. The Bertz CT molecular complexity index is 496. The van der Waals surface area contributed by atoms with Gasteiger partial charge in [0.2, 0.25) is 0 Å². The molecule has 3 unspecified atom stereocenters. The van der Waals surface area contributed by atoms with E-state index in [1.54, 1.807) is 0 Å². The number of likely N-dealkylation sites (tertiary alicyclic amines) is 1. The van der Waals surface area contributed by atoms with E-state index in [0.717, 1.165) is 24.0 Å². The lowest BCUT2D eigenvalue weighted by Gasteiger charge is -2.32. The van der Waals surface area contributed by atoms with Crippen molar-refractivity contribution in [3.8, 4) is 0 Å². The summed E-state index contributed by atoms with van der Waals surface area (Å²) < 4.78 is 5.72. The molecule has 1 aromatic rings. The quantitative estimate of drug-likeness (QED) is 0.869. The van der Waals surface area contributed by atoms with Crippen LogP contribution >= 0.6 is 15.9 Å². The first-order valence-electron chi connectivity index (χ1n) is 7.11. The van der Waals surface area contributed by atoms with E-state index in [-0.39, 0.29) is 24.2 Å². The van der Waals surface area contributed by atoms with Crippen LogP contribution in [0, 0.1) is 0 Å². The lowest BCUT2D eigenvalue weighted by molar-refractivity contribution is 0.164. The Balaban J connectivity index is 2.11. The molecular weight excluding hydrogens is 334 g/mol. The Labute approximate surface area is 134 Å². The first-order valence-corrected chi connectivity index (χ1v) is 7.90. The van der Waals surface area contributed by atoms with Gasteiger partial charge in [0, 0.05) is 29.6 Å². The molecule has 1 heterocycles. The van der Waals surface area contributed by atoms with Gasteiger partial charge in [0.25, 0.3) is 0 Å². The molecule has 21 heavy (non-hydrogen) atoms. The van der Waals surface area contributed by atoms with Gasteiger partial charge in [-0.1, -0.05) is 34.1 Å². The highest BCUT2D eigenvalue weighted by Gasteiger charge is 2.32. The fraction of sp³-hybridized carbons (Fsp3) is 0.533. The molecule has 5 nitrogen and oxygen atoms in total. The van der Waals surface area contributed by atoms with E-state index in [4.69, 9.17) is 5.73 Å². The van der Waals surface area contributed by atoms with Gasteiger partial charge in [0.15, 0.2) is 0 Å².